The van der Waals surface area contributed by atoms with Crippen LogP contribution in [0.5, 0.6) is 34.5 Å². The van der Waals surface area contributed by atoms with Crippen LogP contribution in [0.2, 0.25) is 30.1 Å². The zero-order chi connectivity index (χ0) is 64.1. The van der Waals surface area contributed by atoms with Crippen LogP contribution in [0.3, 0.4) is 0 Å². The summed E-state index contributed by atoms with van der Waals surface area (Å²) in [5, 5.41) is 40.3. The van der Waals surface area contributed by atoms with E-state index in [1.54, 1.807) is 79.1 Å². The van der Waals surface area contributed by atoms with Gasteiger partial charge in [-0.15, -0.1) is 0 Å². The number of nitrogens with zero attached hydrogens (tertiary/aromatic N) is 4. The van der Waals surface area contributed by atoms with Gasteiger partial charge in [-0.25, -0.2) is 0 Å². The Labute approximate surface area is 549 Å². The maximum atomic E-state index is 11.9. The Morgan fingerprint density at radius 3 is 1.21 bits per heavy atom. The number of aromatic nitrogens is 6. The van der Waals surface area contributed by atoms with Crippen LogP contribution in [-0.2, 0) is 43.3 Å². The average molecular weight is 1340 g/mol. The molecule has 12 rings (SSSR count). The van der Waals surface area contributed by atoms with Crippen molar-refractivity contribution in [3.8, 4) is 68.3 Å². The van der Waals surface area contributed by atoms with Gasteiger partial charge >= 0.3 is 0 Å². The topological polar surface area (TPSA) is 240 Å². The fourth-order valence-corrected chi connectivity index (χ4v) is 14.7. The van der Waals surface area contributed by atoms with Crippen LogP contribution < -0.4 is 39.5 Å². The number of carbonyl (C=O) groups is 1. The fourth-order valence-electron chi connectivity index (χ4n) is 12.2. The first-order valence-electron chi connectivity index (χ1n) is 28.6. The summed E-state index contributed by atoms with van der Waals surface area (Å²) >= 11 is 39.7. The normalized spacial score (nSPS) is 15.5. The number of aromatic amines is 3. The number of nitrogens with one attached hydrogen (secondary N) is 4. The van der Waals surface area contributed by atoms with Gasteiger partial charge in [0, 0.05) is 91.5 Å². The van der Waals surface area contributed by atoms with Gasteiger partial charge in [0.25, 0.3) is 5.69 Å². The molecule has 3 atom stereocenters. The summed E-state index contributed by atoms with van der Waals surface area (Å²) in [6.07, 6.45) is 8.12. The van der Waals surface area contributed by atoms with Crippen LogP contribution >= 0.6 is 69.6 Å². The summed E-state index contributed by atoms with van der Waals surface area (Å²) in [7, 11) is 9.41. The predicted octanol–water partition coefficient (Wildman–Crippen LogP) is 16.6. The molecule has 24 heteroatoms. The number of nitrogen functional groups attached to an aromatic ring is 1. The maximum absolute atomic E-state index is 11.9. The second-order valence-corrected chi connectivity index (χ2v) is 23.7. The molecule has 3 aromatic heterocycles. The first-order chi connectivity index (χ1) is 43.5. The van der Waals surface area contributed by atoms with E-state index in [2.05, 4.69) is 42.5 Å². The molecular weight excluding hydrogens is 1280 g/mol. The molecule has 9 aromatic rings. The van der Waals surface area contributed by atoms with Gasteiger partial charge in [-0.2, -0.15) is 15.3 Å². The highest BCUT2D eigenvalue weighted by Gasteiger charge is 2.35. The number of nitro benzene ring substituents is 1. The molecule has 3 aliphatic rings. The molecule has 90 heavy (non-hydrogen) atoms. The third kappa shape index (κ3) is 12.8. The molecule has 0 aliphatic heterocycles. The number of H-pyrrole nitrogens is 3. The average Bonchev–Trinajstić information content (AvgIpc) is 1.45. The van der Waals surface area contributed by atoms with Crippen molar-refractivity contribution in [2.45, 2.75) is 75.5 Å². The van der Waals surface area contributed by atoms with Gasteiger partial charge in [0.15, 0.2) is 0 Å². The van der Waals surface area contributed by atoms with Gasteiger partial charge in [-0.05, 0) is 99.8 Å². The molecule has 0 fully saturated rings. The molecule has 18 nitrogen and oxygen atoms in total. The standard InChI is InChI=1S/C24H23Cl2N3O3.C21H19Cl2N3O4.C21H21Cl2N3O2/c1-4-20(30)27-16-8-6-5-7-14(16)24-15-10-9-13(11-17(15)28-29-24)21-22(25)18(31-2)12-19(32-3)23(21)26;1-29-16-10-17(30-2)20(23)18(19(16)22)11-7-8-12-14(9-11)24-25-21(12)13-5-3-4-6-15(13)26(27)28;1-27-16-10-17(28-2)20(23)18(19(16)22)11-7-8-13-15(9-11)25-26-21(13)12-5-3-4-6-14(12)24/h4-8,12-13H,1,9-11H2,2-3H3,(H,27,30)(H,28,29);3-6,10-11H,7-9H2,1-2H3,(H,24,25);3-6,10-11H,7-9,24H2,1-2H3,(H,25,26)/t13-;2*11-/m000/s1. The van der Waals surface area contributed by atoms with E-state index in [-0.39, 0.29) is 34.3 Å². The number of ether oxygens (including phenoxy) is 6. The quantitative estimate of drug-likeness (QED) is 0.0278. The summed E-state index contributed by atoms with van der Waals surface area (Å²) in [4.78, 5) is 22.9. The third-order valence-electron chi connectivity index (χ3n) is 16.7. The Hall–Kier alpha value is -8.10. The van der Waals surface area contributed by atoms with E-state index in [0.717, 1.165) is 112 Å². The highest BCUT2D eigenvalue weighted by atomic mass is 35.5. The van der Waals surface area contributed by atoms with Crippen LogP contribution in [0.25, 0.3) is 33.8 Å². The molecular formula is C66H63Cl6N9O9. The number of carbonyl (C=O) groups excluding carboxylic acids is 1. The Morgan fingerprint density at radius 2 is 0.856 bits per heavy atom. The minimum Gasteiger partial charge on any atom is -0.495 e. The van der Waals surface area contributed by atoms with Gasteiger partial charge in [-0.1, -0.05) is 125 Å². The van der Waals surface area contributed by atoms with Crippen molar-refractivity contribution in [2.75, 3.05) is 53.7 Å². The Bertz CT molecular complexity index is 4100. The molecule has 0 spiro atoms. The van der Waals surface area contributed by atoms with Crippen molar-refractivity contribution in [3.05, 3.63) is 194 Å². The molecule has 3 heterocycles. The van der Waals surface area contributed by atoms with Gasteiger partial charge in [0.2, 0.25) is 5.91 Å². The van der Waals surface area contributed by atoms with Crippen LogP contribution in [0.15, 0.2) is 104 Å². The highest BCUT2D eigenvalue weighted by molar-refractivity contribution is 6.39. The fraction of sp³-hybridized carbons (Fsp3) is 0.273. The lowest BCUT2D eigenvalue weighted by Crippen LogP contribution is -2.14. The van der Waals surface area contributed by atoms with E-state index < -0.39 is 0 Å². The largest absolute Gasteiger partial charge is 0.495 e. The number of anilines is 2. The second-order valence-electron chi connectivity index (χ2n) is 21.5. The molecule has 1 amide bonds. The molecule has 3 aliphatic carbocycles. The Balaban J connectivity index is 0.000000149. The number of rotatable bonds is 15. The van der Waals surface area contributed by atoms with Crippen LogP contribution in [0.1, 0.15) is 87.5 Å². The van der Waals surface area contributed by atoms with Crippen molar-refractivity contribution in [1.82, 2.24) is 30.6 Å². The van der Waals surface area contributed by atoms with Gasteiger partial charge < -0.3 is 39.5 Å². The van der Waals surface area contributed by atoms with Crippen molar-refractivity contribution < 1.29 is 38.1 Å². The van der Waals surface area contributed by atoms with Crippen LogP contribution in [-0.4, -0.2) is 84.1 Å². The number of fused-ring (bicyclic) bond motifs is 3. The summed E-state index contributed by atoms with van der Waals surface area (Å²) in [6, 6.07) is 27.1. The van der Waals surface area contributed by atoms with Gasteiger partial charge in [-0.3, -0.25) is 30.2 Å². The molecule has 0 saturated heterocycles. The Morgan fingerprint density at radius 1 is 0.533 bits per heavy atom. The Kier molecular flexibility index (Phi) is 20.5. The summed E-state index contributed by atoms with van der Waals surface area (Å²) in [6.45, 7) is 3.52. The molecule has 0 saturated carbocycles. The molecule has 6 N–H and O–H groups in total. The third-order valence-corrected chi connectivity index (χ3v) is 19.0. The number of halogens is 6. The van der Waals surface area contributed by atoms with E-state index in [1.165, 1.54) is 17.7 Å². The number of benzene rings is 6. The van der Waals surface area contributed by atoms with E-state index in [1.807, 2.05) is 48.5 Å². The summed E-state index contributed by atoms with van der Waals surface area (Å²) in [5.74, 6) is 3.17. The smallest absolute Gasteiger partial charge is 0.278 e. The lowest BCUT2D eigenvalue weighted by Gasteiger charge is -2.26. The highest BCUT2D eigenvalue weighted by Crippen LogP contribution is 2.52. The SMILES string of the molecule is C=CC(=O)Nc1ccccc1-c1n[nH]c2c1CC[C@H](c1c(Cl)c(OC)cc(OC)c1Cl)C2.COc1cc(OC)c(Cl)c([C@H]2CCc3c(-c4ccccc4N)n[nH]c3C2)c1Cl.COc1cc(OC)c(Cl)c([C@H]2CCc3c(-c4ccccc4[N+](=O)[O-])n[nH]c3C2)c1Cl. The van der Waals surface area contributed by atoms with Crippen molar-refractivity contribution in [3.63, 3.8) is 0 Å². The zero-order valence-electron chi connectivity index (χ0n) is 49.8. The number of methoxy groups -OCH3 is 6. The summed E-state index contributed by atoms with van der Waals surface area (Å²) in [5.41, 5.74) is 21.1. The van der Waals surface area contributed by atoms with E-state index in [9.17, 15) is 14.9 Å². The zero-order valence-corrected chi connectivity index (χ0v) is 54.4. The molecule has 6 aromatic carbocycles. The van der Waals surface area contributed by atoms with Crippen molar-refractivity contribution in [2.24, 2.45) is 0 Å². The van der Waals surface area contributed by atoms with Gasteiger partial charge in [0.05, 0.1) is 100 Å². The molecule has 0 bridgehead atoms. The number of para-hydroxylation sites is 3. The van der Waals surface area contributed by atoms with Crippen molar-refractivity contribution in [1.29, 1.82) is 0 Å². The minimum atomic E-state index is -0.385. The maximum Gasteiger partial charge on any atom is 0.278 e. The van der Waals surface area contributed by atoms with E-state index >= 15 is 0 Å². The minimum absolute atomic E-state index is 0.0283. The first kappa shape index (κ1) is 64.9. The van der Waals surface area contributed by atoms with E-state index in [4.69, 9.17) is 104 Å². The number of hydrogen-bond donors (Lipinski definition) is 5. The number of amides is 1. The van der Waals surface area contributed by atoms with Crippen LogP contribution in [0, 0.1) is 10.1 Å². The monoisotopic (exact) mass is 1340 g/mol. The first-order valence-corrected chi connectivity index (χ1v) is 30.8. The van der Waals surface area contributed by atoms with Crippen molar-refractivity contribution >= 4 is 92.6 Å². The lowest BCUT2D eigenvalue weighted by molar-refractivity contribution is -0.384. The molecule has 468 valence electrons. The summed E-state index contributed by atoms with van der Waals surface area (Å²) < 4.78 is 32.5. The predicted molar refractivity (Wildman–Crippen MR) is 355 cm³/mol. The van der Waals surface area contributed by atoms with Crippen LogP contribution in [0.4, 0.5) is 17.1 Å². The molecule has 0 radical (unpaired) electrons. The molecule has 0 unspecified atom stereocenters. The van der Waals surface area contributed by atoms with Gasteiger partial charge in [0.1, 0.15) is 40.2 Å². The second kappa shape index (κ2) is 28.4. The lowest BCUT2D eigenvalue weighted by atomic mass is 9.81. The van der Waals surface area contributed by atoms with E-state index in [0.29, 0.717) is 101 Å². The number of nitro groups is 1. The number of nitrogens with two attached hydrogens (primary N) is 1. The number of hydrogen-bond acceptors (Lipinski definition) is 13.